The van der Waals surface area contributed by atoms with Gasteiger partial charge in [-0.15, -0.1) is 11.8 Å². The monoisotopic (exact) mass is 588 g/mol. The molecule has 1 fully saturated rings. The number of nitrogens with one attached hydrogen (secondary N) is 1. The van der Waals surface area contributed by atoms with Gasteiger partial charge in [-0.25, -0.2) is 4.68 Å². The molecule has 2 amide bonds. The van der Waals surface area contributed by atoms with Crippen molar-refractivity contribution in [3.8, 4) is 28.4 Å². The van der Waals surface area contributed by atoms with Gasteiger partial charge in [0.2, 0.25) is 11.8 Å². The molecule has 10 heteroatoms. The standard InChI is InChI=1S/C31H32N4O4S2/c1-18-8-11-22(19(2)14-18)35-31-28(29(33-35)27-23(38-3)6-5-7-24(27)39-4)30(20-12-13-40-16-20)41-17-26(37)34(31)15-25(36)32-21-9-10-21/h5-8,11-14,16,21,30H,9-10,15,17H2,1-4H3,(H,32,36)/t30-/m1/s1. The first-order chi connectivity index (χ1) is 19.9. The molecule has 1 N–H and O–H groups in total. The number of aryl methyl sites for hydroxylation is 2. The first kappa shape index (κ1) is 27.4. The molecule has 1 saturated carbocycles. The number of nitrogens with zero attached hydrogens (tertiary/aromatic N) is 3. The van der Waals surface area contributed by atoms with Crippen LogP contribution in [-0.2, 0) is 9.59 Å². The van der Waals surface area contributed by atoms with Gasteiger partial charge >= 0.3 is 0 Å². The van der Waals surface area contributed by atoms with Crippen molar-refractivity contribution in [2.24, 2.45) is 0 Å². The molecule has 0 spiro atoms. The Labute approximate surface area is 247 Å². The number of methoxy groups -OCH3 is 2. The lowest BCUT2D eigenvalue weighted by molar-refractivity contribution is -0.123. The van der Waals surface area contributed by atoms with E-state index in [9.17, 15) is 9.59 Å². The molecule has 1 aliphatic carbocycles. The van der Waals surface area contributed by atoms with E-state index < -0.39 is 0 Å². The number of ether oxygens (including phenoxy) is 2. The number of rotatable bonds is 8. The second-order valence-electron chi connectivity index (χ2n) is 10.4. The second-order valence-corrected chi connectivity index (χ2v) is 12.3. The van der Waals surface area contributed by atoms with Crippen molar-refractivity contribution in [2.45, 2.75) is 38.0 Å². The summed E-state index contributed by atoms with van der Waals surface area (Å²) in [5.74, 6) is 1.73. The maximum atomic E-state index is 13.9. The van der Waals surface area contributed by atoms with Crippen molar-refractivity contribution >= 4 is 40.7 Å². The Hall–Kier alpha value is -3.76. The Kier molecular flexibility index (Phi) is 7.52. The molecule has 2 aromatic carbocycles. The highest BCUT2D eigenvalue weighted by atomic mass is 32.2. The lowest BCUT2D eigenvalue weighted by Crippen LogP contribution is -2.43. The summed E-state index contributed by atoms with van der Waals surface area (Å²) < 4.78 is 13.5. The summed E-state index contributed by atoms with van der Waals surface area (Å²) in [4.78, 5) is 28.7. The third kappa shape index (κ3) is 5.22. The van der Waals surface area contributed by atoms with Gasteiger partial charge in [-0.2, -0.15) is 16.4 Å². The minimum absolute atomic E-state index is 0.0850. The molecule has 212 valence electrons. The van der Waals surface area contributed by atoms with Crippen LogP contribution in [0.25, 0.3) is 16.9 Å². The van der Waals surface area contributed by atoms with Gasteiger partial charge in [-0.1, -0.05) is 23.8 Å². The zero-order chi connectivity index (χ0) is 28.7. The molecule has 6 rings (SSSR count). The number of benzene rings is 2. The molecule has 0 radical (unpaired) electrons. The lowest BCUT2D eigenvalue weighted by Gasteiger charge is -2.23. The quantitative estimate of drug-likeness (QED) is 0.285. The molecule has 0 bridgehead atoms. The molecule has 2 aliphatic rings. The van der Waals surface area contributed by atoms with Gasteiger partial charge < -0.3 is 14.8 Å². The molecule has 2 aromatic heterocycles. The SMILES string of the molecule is COc1cccc(OC)c1-c1nn(-c2ccc(C)cc2C)c2c1[C@@H](c1ccsc1)SCC(=O)N2CC(=O)NC1CC1. The molecule has 1 atom stereocenters. The van der Waals surface area contributed by atoms with Crippen molar-refractivity contribution in [3.05, 3.63) is 75.5 Å². The Balaban J connectivity index is 1.67. The van der Waals surface area contributed by atoms with Crippen LogP contribution >= 0.6 is 23.1 Å². The minimum Gasteiger partial charge on any atom is -0.496 e. The van der Waals surface area contributed by atoms with E-state index in [0.717, 1.165) is 40.8 Å². The number of hydrogen-bond acceptors (Lipinski definition) is 7. The van der Waals surface area contributed by atoms with Gasteiger partial charge in [0.1, 0.15) is 29.6 Å². The molecule has 8 nitrogen and oxygen atoms in total. The third-order valence-electron chi connectivity index (χ3n) is 7.42. The third-order valence-corrected chi connectivity index (χ3v) is 9.38. The molecule has 0 unspecified atom stereocenters. The van der Waals surface area contributed by atoms with Crippen LogP contribution in [0.5, 0.6) is 11.5 Å². The van der Waals surface area contributed by atoms with Gasteiger partial charge in [0.15, 0.2) is 0 Å². The summed E-state index contributed by atoms with van der Waals surface area (Å²) in [5.41, 5.74) is 6.25. The Morgan fingerprint density at radius 1 is 1.10 bits per heavy atom. The van der Waals surface area contributed by atoms with Crippen molar-refractivity contribution in [1.82, 2.24) is 15.1 Å². The fourth-order valence-electron chi connectivity index (χ4n) is 5.33. The van der Waals surface area contributed by atoms with Crippen LogP contribution in [0.15, 0.2) is 53.2 Å². The second kappa shape index (κ2) is 11.3. The highest BCUT2D eigenvalue weighted by molar-refractivity contribution is 8.00. The average Bonchev–Trinajstić information content (AvgIpc) is 3.49. The van der Waals surface area contributed by atoms with Gasteiger partial charge in [0, 0.05) is 11.6 Å². The van der Waals surface area contributed by atoms with Crippen LogP contribution in [-0.4, -0.2) is 54.2 Å². The Bertz CT molecular complexity index is 1590. The van der Waals surface area contributed by atoms with Gasteiger partial charge in [-0.3, -0.25) is 14.5 Å². The van der Waals surface area contributed by atoms with Crippen molar-refractivity contribution < 1.29 is 19.1 Å². The number of carbonyl (C=O) groups excluding carboxylic acids is 2. The first-order valence-electron chi connectivity index (χ1n) is 13.5. The maximum absolute atomic E-state index is 13.9. The summed E-state index contributed by atoms with van der Waals surface area (Å²) >= 11 is 3.16. The van der Waals surface area contributed by atoms with E-state index in [-0.39, 0.29) is 35.4 Å². The molecule has 0 saturated heterocycles. The van der Waals surface area contributed by atoms with E-state index >= 15 is 0 Å². The fraction of sp³-hybridized carbons (Fsp3) is 0.323. The number of amides is 2. The molecule has 4 aromatic rings. The zero-order valence-corrected chi connectivity index (χ0v) is 25.1. The summed E-state index contributed by atoms with van der Waals surface area (Å²) in [6, 6.07) is 14.1. The van der Waals surface area contributed by atoms with Crippen molar-refractivity contribution in [3.63, 3.8) is 0 Å². The summed E-state index contributed by atoms with van der Waals surface area (Å²) in [6.45, 7) is 4.00. The van der Waals surface area contributed by atoms with Crippen molar-refractivity contribution in [1.29, 1.82) is 0 Å². The van der Waals surface area contributed by atoms with Gasteiger partial charge in [0.05, 0.1) is 36.5 Å². The summed E-state index contributed by atoms with van der Waals surface area (Å²) in [7, 11) is 3.25. The first-order valence-corrected chi connectivity index (χ1v) is 15.5. The molecule has 3 heterocycles. The average molecular weight is 589 g/mol. The topological polar surface area (TPSA) is 85.7 Å². The Morgan fingerprint density at radius 3 is 2.49 bits per heavy atom. The van der Waals surface area contributed by atoms with E-state index in [1.165, 1.54) is 0 Å². The predicted octanol–water partition coefficient (Wildman–Crippen LogP) is 5.68. The fourth-order valence-corrected chi connectivity index (χ4v) is 7.29. The van der Waals surface area contributed by atoms with E-state index in [1.807, 2.05) is 54.2 Å². The van der Waals surface area contributed by atoms with Crippen LogP contribution in [0.1, 0.15) is 40.3 Å². The number of carbonyl (C=O) groups is 2. The van der Waals surface area contributed by atoms with Gasteiger partial charge in [-0.05, 0) is 72.8 Å². The number of anilines is 1. The van der Waals surface area contributed by atoms with E-state index in [4.69, 9.17) is 14.6 Å². The minimum atomic E-state index is -0.208. The summed E-state index contributed by atoms with van der Waals surface area (Å²) in [6.07, 6.45) is 1.94. The largest absolute Gasteiger partial charge is 0.496 e. The lowest BCUT2D eigenvalue weighted by atomic mass is 9.99. The van der Waals surface area contributed by atoms with E-state index in [2.05, 4.69) is 22.8 Å². The normalized spacial score (nSPS) is 16.7. The smallest absolute Gasteiger partial charge is 0.240 e. The number of thioether (sulfide) groups is 1. The predicted molar refractivity (Wildman–Crippen MR) is 164 cm³/mol. The van der Waals surface area contributed by atoms with Crippen LogP contribution in [0, 0.1) is 13.8 Å². The van der Waals surface area contributed by atoms with Crippen LogP contribution in [0.2, 0.25) is 0 Å². The number of aromatic nitrogens is 2. The summed E-state index contributed by atoms with van der Waals surface area (Å²) in [5, 5.41) is 12.2. The van der Waals surface area contributed by atoms with E-state index in [0.29, 0.717) is 28.6 Å². The van der Waals surface area contributed by atoms with Gasteiger partial charge in [0.25, 0.3) is 0 Å². The highest BCUT2D eigenvalue weighted by Gasteiger charge is 2.39. The molecular weight excluding hydrogens is 556 g/mol. The molecule has 1 aliphatic heterocycles. The highest BCUT2D eigenvalue weighted by Crippen LogP contribution is 2.52. The maximum Gasteiger partial charge on any atom is 0.240 e. The van der Waals surface area contributed by atoms with Crippen LogP contribution in [0.3, 0.4) is 0 Å². The van der Waals surface area contributed by atoms with Crippen LogP contribution in [0.4, 0.5) is 5.82 Å². The number of thiophene rings is 1. The molecular formula is C31H32N4O4S2. The zero-order valence-electron chi connectivity index (χ0n) is 23.5. The van der Waals surface area contributed by atoms with Crippen LogP contribution < -0.4 is 19.7 Å². The number of hydrogen-bond donors (Lipinski definition) is 1. The van der Waals surface area contributed by atoms with E-state index in [1.54, 1.807) is 42.2 Å². The Morgan fingerprint density at radius 2 is 1.85 bits per heavy atom. The van der Waals surface area contributed by atoms with Crippen molar-refractivity contribution in [2.75, 3.05) is 31.4 Å². The molecule has 41 heavy (non-hydrogen) atoms. The number of fused-ring (bicyclic) bond motifs is 1.